The molecule has 0 saturated heterocycles. The molecule has 0 heterocycles. The van der Waals surface area contributed by atoms with Gasteiger partial charge in [0, 0.05) is 0 Å². The van der Waals surface area contributed by atoms with Gasteiger partial charge in [-0.1, -0.05) is 12.1 Å². The third kappa shape index (κ3) is 5.64. The van der Waals surface area contributed by atoms with Crippen molar-refractivity contribution in [3.63, 3.8) is 0 Å². The number of para-hydroxylation sites is 2. The summed E-state index contributed by atoms with van der Waals surface area (Å²) in [6.07, 6.45) is 0. The van der Waals surface area contributed by atoms with Gasteiger partial charge in [-0.25, -0.2) is 4.79 Å². The summed E-state index contributed by atoms with van der Waals surface area (Å²) in [4.78, 5) is 24.3. The first kappa shape index (κ1) is 20.1. The molecule has 0 radical (unpaired) electrons. The SMILES string of the molecule is CCOc1ccc(C(=O)OCC(=O)Nc2ccccc2OC)cc1OCC. The van der Waals surface area contributed by atoms with Gasteiger partial charge in [0.1, 0.15) is 5.75 Å². The van der Waals surface area contributed by atoms with Crippen molar-refractivity contribution in [2.45, 2.75) is 13.8 Å². The molecule has 0 saturated carbocycles. The summed E-state index contributed by atoms with van der Waals surface area (Å²) in [6.45, 7) is 4.18. The van der Waals surface area contributed by atoms with Gasteiger partial charge >= 0.3 is 5.97 Å². The van der Waals surface area contributed by atoms with E-state index in [0.29, 0.717) is 36.1 Å². The van der Waals surface area contributed by atoms with Crippen molar-refractivity contribution in [2.24, 2.45) is 0 Å². The first-order valence-electron chi connectivity index (χ1n) is 8.58. The molecule has 0 spiro atoms. The monoisotopic (exact) mass is 373 g/mol. The molecule has 2 aromatic rings. The Morgan fingerprint density at radius 3 is 2.33 bits per heavy atom. The Kier molecular flexibility index (Phi) is 7.49. The van der Waals surface area contributed by atoms with Crippen LogP contribution in [0.4, 0.5) is 5.69 Å². The summed E-state index contributed by atoms with van der Waals surface area (Å²) < 4.78 is 21.2. The quantitative estimate of drug-likeness (QED) is 0.679. The number of carbonyl (C=O) groups excluding carboxylic acids is 2. The lowest BCUT2D eigenvalue weighted by Crippen LogP contribution is -2.21. The molecule has 0 fully saturated rings. The summed E-state index contributed by atoms with van der Waals surface area (Å²) in [5.41, 5.74) is 0.771. The molecule has 0 aromatic heterocycles. The molecule has 0 aliphatic carbocycles. The van der Waals surface area contributed by atoms with Crippen LogP contribution in [0, 0.1) is 0 Å². The Labute approximate surface area is 158 Å². The van der Waals surface area contributed by atoms with Gasteiger partial charge in [0.15, 0.2) is 18.1 Å². The van der Waals surface area contributed by atoms with E-state index in [4.69, 9.17) is 18.9 Å². The Balaban J connectivity index is 1.98. The number of rotatable bonds is 9. The van der Waals surface area contributed by atoms with Crippen LogP contribution in [0.25, 0.3) is 0 Å². The summed E-state index contributed by atoms with van der Waals surface area (Å²) in [5, 5.41) is 2.64. The third-order valence-corrected chi connectivity index (χ3v) is 3.49. The second-order valence-corrected chi connectivity index (χ2v) is 5.35. The molecule has 0 aliphatic heterocycles. The van der Waals surface area contributed by atoms with E-state index >= 15 is 0 Å². The molecule has 27 heavy (non-hydrogen) atoms. The molecule has 1 amide bonds. The van der Waals surface area contributed by atoms with E-state index in [-0.39, 0.29) is 5.56 Å². The van der Waals surface area contributed by atoms with Gasteiger partial charge in [-0.2, -0.15) is 0 Å². The molecule has 0 aliphatic rings. The second kappa shape index (κ2) is 10.1. The lowest BCUT2D eigenvalue weighted by atomic mass is 10.2. The van der Waals surface area contributed by atoms with E-state index in [9.17, 15) is 9.59 Å². The fraction of sp³-hybridized carbons (Fsp3) is 0.300. The van der Waals surface area contributed by atoms with Crippen LogP contribution in [0.3, 0.4) is 0 Å². The van der Waals surface area contributed by atoms with E-state index in [1.807, 2.05) is 13.8 Å². The summed E-state index contributed by atoms with van der Waals surface area (Å²) in [6, 6.07) is 11.7. The molecule has 7 heteroatoms. The smallest absolute Gasteiger partial charge is 0.338 e. The van der Waals surface area contributed by atoms with Gasteiger partial charge in [-0.3, -0.25) is 4.79 Å². The van der Waals surface area contributed by atoms with Crippen molar-refractivity contribution in [1.82, 2.24) is 0 Å². The van der Waals surface area contributed by atoms with E-state index in [2.05, 4.69) is 5.32 Å². The highest BCUT2D eigenvalue weighted by atomic mass is 16.5. The third-order valence-electron chi connectivity index (χ3n) is 3.49. The number of carbonyl (C=O) groups is 2. The predicted octanol–water partition coefficient (Wildman–Crippen LogP) is 3.29. The minimum absolute atomic E-state index is 0.270. The number of benzene rings is 2. The van der Waals surface area contributed by atoms with Crippen LogP contribution in [-0.2, 0) is 9.53 Å². The van der Waals surface area contributed by atoms with E-state index in [1.54, 1.807) is 36.4 Å². The maximum atomic E-state index is 12.2. The number of ether oxygens (including phenoxy) is 4. The van der Waals surface area contributed by atoms with Gasteiger partial charge < -0.3 is 24.3 Å². The zero-order valence-electron chi connectivity index (χ0n) is 15.6. The number of methoxy groups -OCH3 is 1. The van der Waals surface area contributed by atoms with Crippen molar-refractivity contribution in [3.8, 4) is 17.2 Å². The summed E-state index contributed by atoms with van der Waals surface area (Å²) in [7, 11) is 1.51. The minimum atomic E-state index is -0.630. The number of anilines is 1. The van der Waals surface area contributed by atoms with E-state index in [1.165, 1.54) is 13.2 Å². The van der Waals surface area contributed by atoms with Gasteiger partial charge in [-0.05, 0) is 44.2 Å². The largest absolute Gasteiger partial charge is 0.495 e. The van der Waals surface area contributed by atoms with Crippen LogP contribution in [0.1, 0.15) is 24.2 Å². The topological polar surface area (TPSA) is 83.1 Å². The van der Waals surface area contributed by atoms with E-state index < -0.39 is 18.5 Å². The highest BCUT2D eigenvalue weighted by Gasteiger charge is 2.15. The Morgan fingerprint density at radius 2 is 1.63 bits per heavy atom. The molecule has 2 rings (SSSR count). The first-order valence-corrected chi connectivity index (χ1v) is 8.58. The van der Waals surface area contributed by atoms with Crippen molar-refractivity contribution in [3.05, 3.63) is 48.0 Å². The molecular formula is C20H23NO6. The molecule has 7 nitrogen and oxygen atoms in total. The lowest BCUT2D eigenvalue weighted by Gasteiger charge is -2.12. The maximum Gasteiger partial charge on any atom is 0.338 e. The van der Waals surface area contributed by atoms with Crippen LogP contribution >= 0.6 is 0 Å². The number of hydrogen-bond acceptors (Lipinski definition) is 6. The van der Waals surface area contributed by atoms with Crippen molar-refractivity contribution in [2.75, 3.05) is 32.2 Å². The van der Waals surface area contributed by atoms with Gasteiger partial charge in [0.2, 0.25) is 0 Å². The highest BCUT2D eigenvalue weighted by Crippen LogP contribution is 2.29. The average molecular weight is 373 g/mol. The number of esters is 1. The van der Waals surface area contributed by atoms with Gasteiger partial charge in [0.05, 0.1) is 31.6 Å². The number of hydrogen-bond donors (Lipinski definition) is 1. The average Bonchev–Trinajstić information content (AvgIpc) is 2.68. The number of amides is 1. The Bertz CT molecular complexity index is 790. The molecule has 0 unspecified atom stereocenters. The maximum absolute atomic E-state index is 12.2. The minimum Gasteiger partial charge on any atom is -0.495 e. The predicted molar refractivity (Wildman–Crippen MR) is 101 cm³/mol. The Morgan fingerprint density at radius 1 is 0.926 bits per heavy atom. The van der Waals surface area contributed by atoms with Crippen LogP contribution in [0.15, 0.2) is 42.5 Å². The summed E-state index contributed by atoms with van der Waals surface area (Å²) >= 11 is 0. The van der Waals surface area contributed by atoms with Crippen molar-refractivity contribution < 1.29 is 28.5 Å². The molecule has 0 bridgehead atoms. The number of nitrogens with one attached hydrogen (secondary N) is 1. The molecular weight excluding hydrogens is 350 g/mol. The van der Waals surface area contributed by atoms with Crippen LogP contribution in [-0.4, -0.2) is 38.8 Å². The van der Waals surface area contributed by atoms with Crippen molar-refractivity contribution in [1.29, 1.82) is 0 Å². The fourth-order valence-corrected chi connectivity index (χ4v) is 2.33. The Hall–Kier alpha value is -3.22. The molecule has 0 atom stereocenters. The second-order valence-electron chi connectivity index (χ2n) is 5.35. The fourth-order valence-electron chi connectivity index (χ4n) is 2.33. The van der Waals surface area contributed by atoms with Crippen LogP contribution < -0.4 is 19.5 Å². The van der Waals surface area contributed by atoms with Crippen LogP contribution in [0.2, 0.25) is 0 Å². The molecule has 144 valence electrons. The van der Waals surface area contributed by atoms with Crippen LogP contribution in [0.5, 0.6) is 17.2 Å². The van der Waals surface area contributed by atoms with Crippen molar-refractivity contribution >= 4 is 17.6 Å². The first-order chi connectivity index (χ1) is 13.1. The van der Waals surface area contributed by atoms with E-state index in [0.717, 1.165) is 0 Å². The highest BCUT2D eigenvalue weighted by molar-refractivity contribution is 5.96. The zero-order chi connectivity index (χ0) is 19.6. The zero-order valence-corrected chi connectivity index (χ0v) is 15.6. The molecule has 2 aromatic carbocycles. The van der Waals surface area contributed by atoms with Gasteiger partial charge in [-0.15, -0.1) is 0 Å². The van der Waals surface area contributed by atoms with Gasteiger partial charge in [0.25, 0.3) is 5.91 Å². The molecule has 1 N–H and O–H groups in total. The normalized spacial score (nSPS) is 10.0. The lowest BCUT2D eigenvalue weighted by molar-refractivity contribution is -0.119. The summed E-state index contributed by atoms with van der Waals surface area (Å²) in [5.74, 6) is 0.417. The standard InChI is InChI=1S/C20H23NO6/c1-4-25-17-11-10-14(12-18(17)26-5-2)20(23)27-13-19(22)21-15-8-6-7-9-16(15)24-3/h6-12H,4-5,13H2,1-3H3,(H,21,22).